The van der Waals surface area contributed by atoms with Crippen molar-refractivity contribution in [3.05, 3.63) is 0 Å². The number of rotatable bonds is 5. The van der Waals surface area contributed by atoms with E-state index in [1.165, 1.54) is 44.9 Å². The van der Waals surface area contributed by atoms with Gasteiger partial charge in [-0.2, -0.15) is 0 Å². The minimum Gasteiger partial charge on any atom is -0.355 e. The molecule has 1 atom stereocenters. The number of hydrogen-bond acceptors (Lipinski definition) is 2. The maximum absolute atomic E-state index is 4.37. The van der Waals surface area contributed by atoms with E-state index in [1.54, 1.807) is 0 Å². The summed E-state index contributed by atoms with van der Waals surface area (Å²) in [6, 6.07) is 1.27. The number of nitrogens with one attached hydrogen (secondary N) is 2. The molecule has 0 amide bonds. The minimum absolute atomic E-state index is 0.624. The summed E-state index contributed by atoms with van der Waals surface area (Å²) in [4.78, 5) is 6.71. The van der Waals surface area contributed by atoms with Crippen LogP contribution in [-0.2, 0) is 0 Å². The van der Waals surface area contributed by atoms with Crippen LogP contribution in [-0.4, -0.2) is 50.6 Å². The van der Waals surface area contributed by atoms with Crippen LogP contribution in [0.3, 0.4) is 0 Å². The van der Waals surface area contributed by atoms with E-state index in [4.69, 9.17) is 0 Å². The standard InChI is InChI=1S/C15H30N4/c1-16-15(18-13-7-5-4-6-8-13)17-11-14(19(2)3)12-9-10-12/h12-14H,4-11H2,1-3H3,(H2,16,17,18). The van der Waals surface area contributed by atoms with Crippen LogP contribution >= 0.6 is 0 Å². The van der Waals surface area contributed by atoms with E-state index in [2.05, 4.69) is 34.6 Å². The summed E-state index contributed by atoms with van der Waals surface area (Å²) in [7, 11) is 6.24. The molecule has 2 N–H and O–H groups in total. The molecule has 0 aromatic heterocycles. The highest BCUT2D eigenvalue weighted by molar-refractivity contribution is 5.80. The van der Waals surface area contributed by atoms with E-state index in [0.717, 1.165) is 18.4 Å². The number of likely N-dealkylation sites (N-methyl/N-ethyl adjacent to an activating group) is 1. The summed E-state index contributed by atoms with van der Waals surface area (Å²) in [6.45, 7) is 1.00. The largest absolute Gasteiger partial charge is 0.355 e. The second-order valence-electron chi connectivity index (χ2n) is 6.30. The average molecular weight is 266 g/mol. The first-order valence-corrected chi connectivity index (χ1v) is 7.84. The van der Waals surface area contributed by atoms with E-state index in [-0.39, 0.29) is 0 Å². The molecule has 4 heteroatoms. The first-order chi connectivity index (χ1) is 9.20. The monoisotopic (exact) mass is 266 g/mol. The summed E-state index contributed by atoms with van der Waals surface area (Å²) in [6.07, 6.45) is 9.47. The average Bonchev–Trinajstić information content (AvgIpc) is 3.23. The van der Waals surface area contributed by atoms with Gasteiger partial charge in [0.2, 0.25) is 0 Å². The zero-order valence-electron chi connectivity index (χ0n) is 12.8. The Balaban J connectivity index is 1.75. The SMILES string of the molecule is CN=C(NCC(C1CC1)N(C)C)NC1CCCCC1. The molecule has 0 radical (unpaired) electrons. The van der Waals surface area contributed by atoms with Gasteiger partial charge < -0.3 is 15.5 Å². The molecule has 19 heavy (non-hydrogen) atoms. The Labute approximate surface area is 118 Å². The third-order valence-corrected chi connectivity index (χ3v) is 4.48. The fourth-order valence-corrected chi connectivity index (χ4v) is 3.09. The fraction of sp³-hybridized carbons (Fsp3) is 0.933. The van der Waals surface area contributed by atoms with Gasteiger partial charge in [-0.25, -0.2) is 0 Å². The van der Waals surface area contributed by atoms with Crippen LogP contribution in [0.15, 0.2) is 4.99 Å². The summed E-state index contributed by atoms with van der Waals surface area (Å²) < 4.78 is 0. The Bertz CT molecular complexity index is 289. The molecule has 2 aliphatic carbocycles. The summed E-state index contributed by atoms with van der Waals surface area (Å²) >= 11 is 0. The lowest BCUT2D eigenvalue weighted by Crippen LogP contribution is -2.49. The molecular weight excluding hydrogens is 236 g/mol. The van der Waals surface area contributed by atoms with E-state index >= 15 is 0 Å². The van der Waals surface area contributed by atoms with Crippen molar-refractivity contribution in [1.29, 1.82) is 0 Å². The van der Waals surface area contributed by atoms with Crippen LogP contribution in [0.2, 0.25) is 0 Å². The summed E-state index contributed by atoms with van der Waals surface area (Å²) in [5.74, 6) is 1.87. The van der Waals surface area contributed by atoms with Crippen molar-refractivity contribution in [2.24, 2.45) is 10.9 Å². The molecule has 0 bridgehead atoms. The molecule has 2 aliphatic rings. The molecular formula is C15H30N4. The van der Waals surface area contributed by atoms with Crippen molar-refractivity contribution < 1.29 is 0 Å². The zero-order chi connectivity index (χ0) is 13.7. The molecule has 0 saturated heterocycles. The second kappa shape index (κ2) is 7.13. The number of nitrogens with zero attached hydrogens (tertiary/aromatic N) is 2. The van der Waals surface area contributed by atoms with Gasteiger partial charge in [-0.05, 0) is 45.7 Å². The molecule has 4 nitrogen and oxygen atoms in total. The topological polar surface area (TPSA) is 39.7 Å². The van der Waals surface area contributed by atoms with Crippen molar-refractivity contribution in [1.82, 2.24) is 15.5 Å². The minimum atomic E-state index is 0.624. The van der Waals surface area contributed by atoms with Crippen LogP contribution < -0.4 is 10.6 Å². The number of guanidine groups is 1. The molecule has 2 rings (SSSR count). The molecule has 0 heterocycles. The van der Waals surface area contributed by atoms with Gasteiger partial charge in [0.25, 0.3) is 0 Å². The Morgan fingerprint density at radius 2 is 1.84 bits per heavy atom. The van der Waals surface area contributed by atoms with Gasteiger partial charge in [0.1, 0.15) is 0 Å². The van der Waals surface area contributed by atoms with Gasteiger partial charge >= 0.3 is 0 Å². The lowest BCUT2D eigenvalue weighted by molar-refractivity contribution is 0.263. The van der Waals surface area contributed by atoms with Crippen molar-refractivity contribution in [3.63, 3.8) is 0 Å². The maximum atomic E-state index is 4.37. The van der Waals surface area contributed by atoms with Gasteiger partial charge in [-0.15, -0.1) is 0 Å². The van der Waals surface area contributed by atoms with Crippen LogP contribution in [0.4, 0.5) is 0 Å². The molecule has 1 unspecified atom stereocenters. The first-order valence-electron chi connectivity index (χ1n) is 7.84. The van der Waals surface area contributed by atoms with E-state index < -0.39 is 0 Å². The molecule has 0 aliphatic heterocycles. The number of aliphatic imine (C=N–C) groups is 1. The summed E-state index contributed by atoms with van der Waals surface area (Å²) in [5, 5.41) is 7.10. The van der Waals surface area contributed by atoms with E-state index in [1.807, 2.05) is 7.05 Å². The fourth-order valence-electron chi connectivity index (χ4n) is 3.09. The second-order valence-corrected chi connectivity index (χ2v) is 6.30. The molecule has 0 spiro atoms. The number of hydrogen-bond donors (Lipinski definition) is 2. The smallest absolute Gasteiger partial charge is 0.191 e. The lowest BCUT2D eigenvalue weighted by Gasteiger charge is -2.28. The molecule has 2 saturated carbocycles. The van der Waals surface area contributed by atoms with Gasteiger partial charge in [0.15, 0.2) is 5.96 Å². The molecule has 0 aromatic carbocycles. The van der Waals surface area contributed by atoms with Crippen molar-refractivity contribution in [3.8, 4) is 0 Å². The normalized spacial score (nSPS) is 23.5. The zero-order valence-corrected chi connectivity index (χ0v) is 12.8. The van der Waals surface area contributed by atoms with E-state index in [0.29, 0.717) is 12.1 Å². The Kier molecular flexibility index (Phi) is 5.49. The predicted octanol–water partition coefficient (Wildman–Crippen LogP) is 1.82. The quantitative estimate of drug-likeness (QED) is 0.589. The molecule has 110 valence electrons. The predicted molar refractivity (Wildman–Crippen MR) is 81.6 cm³/mol. The highest BCUT2D eigenvalue weighted by atomic mass is 15.2. The third-order valence-electron chi connectivity index (χ3n) is 4.48. The highest BCUT2D eigenvalue weighted by Crippen LogP contribution is 2.34. The maximum Gasteiger partial charge on any atom is 0.191 e. The van der Waals surface area contributed by atoms with Gasteiger partial charge in [0, 0.05) is 25.7 Å². The first kappa shape index (κ1) is 14.6. The third kappa shape index (κ3) is 4.68. The molecule has 2 fully saturated rings. The van der Waals surface area contributed by atoms with Gasteiger partial charge in [0.05, 0.1) is 0 Å². The van der Waals surface area contributed by atoms with Gasteiger partial charge in [-0.1, -0.05) is 19.3 Å². The van der Waals surface area contributed by atoms with E-state index in [9.17, 15) is 0 Å². The Morgan fingerprint density at radius 1 is 1.16 bits per heavy atom. The Hall–Kier alpha value is -0.770. The van der Waals surface area contributed by atoms with Crippen molar-refractivity contribution in [2.75, 3.05) is 27.7 Å². The highest BCUT2D eigenvalue weighted by Gasteiger charge is 2.32. The van der Waals surface area contributed by atoms with Crippen LogP contribution in [0.5, 0.6) is 0 Å². The van der Waals surface area contributed by atoms with Crippen molar-refractivity contribution >= 4 is 5.96 Å². The van der Waals surface area contributed by atoms with Gasteiger partial charge in [-0.3, -0.25) is 4.99 Å². The van der Waals surface area contributed by atoms with Crippen LogP contribution in [0, 0.1) is 5.92 Å². The lowest BCUT2D eigenvalue weighted by atomic mass is 9.96. The van der Waals surface area contributed by atoms with Crippen LogP contribution in [0.1, 0.15) is 44.9 Å². The Morgan fingerprint density at radius 3 is 2.37 bits per heavy atom. The van der Waals surface area contributed by atoms with Crippen molar-refractivity contribution in [2.45, 2.75) is 57.0 Å². The summed E-state index contributed by atoms with van der Waals surface area (Å²) in [5.41, 5.74) is 0. The molecule has 0 aromatic rings. The van der Waals surface area contributed by atoms with Crippen LogP contribution in [0.25, 0.3) is 0 Å².